The smallest absolute Gasteiger partial charge is 0.0590 e. The highest BCUT2D eigenvalue weighted by atomic mass is 32.1. The van der Waals surface area contributed by atoms with Crippen LogP contribution in [-0.2, 0) is 10.2 Å². The fourth-order valence-electron chi connectivity index (χ4n) is 2.46. The summed E-state index contributed by atoms with van der Waals surface area (Å²) in [6.07, 6.45) is 1.12. The fraction of sp³-hybridized carbons (Fsp3) is 0.765. The summed E-state index contributed by atoms with van der Waals surface area (Å²) in [5, 5.41) is 0. The predicted octanol–water partition coefficient (Wildman–Crippen LogP) is 3.79. The van der Waals surface area contributed by atoms with Gasteiger partial charge in [0.2, 0.25) is 0 Å². The van der Waals surface area contributed by atoms with Gasteiger partial charge in [0, 0.05) is 36.0 Å². The average Bonchev–Trinajstić information content (AvgIpc) is 2.92. The van der Waals surface area contributed by atoms with Gasteiger partial charge in [-0.05, 0) is 30.9 Å². The summed E-state index contributed by atoms with van der Waals surface area (Å²) in [6.45, 7) is 13.6. The van der Waals surface area contributed by atoms with E-state index in [0.29, 0.717) is 12.6 Å². The highest BCUT2D eigenvalue weighted by Crippen LogP contribution is 2.34. The third kappa shape index (κ3) is 5.06. The summed E-state index contributed by atoms with van der Waals surface area (Å²) in [5.74, 6) is 0. The van der Waals surface area contributed by atoms with Gasteiger partial charge < -0.3 is 10.5 Å². The number of rotatable bonds is 8. The van der Waals surface area contributed by atoms with Crippen molar-refractivity contribution in [2.24, 2.45) is 5.73 Å². The molecule has 21 heavy (non-hydrogen) atoms. The van der Waals surface area contributed by atoms with Crippen molar-refractivity contribution in [3.63, 3.8) is 0 Å². The van der Waals surface area contributed by atoms with Gasteiger partial charge >= 0.3 is 0 Å². The molecule has 0 spiro atoms. The second-order valence-electron chi connectivity index (χ2n) is 6.69. The van der Waals surface area contributed by atoms with Crippen LogP contribution < -0.4 is 5.73 Å². The summed E-state index contributed by atoms with van der Waals surface area (Å²) in [7, 11) is 1.76. The Morgan fingerprint density at radius 3 is 2.43 bits per heavy atom. The lowest BCUT2D eigenvalue weighted by molar-refractivity contribution is 0.0915. The van der Waals surface area contributed by atoms with Crippen LogP contribution in [0.1, 0.15) is 56.8 Å². The minimum Gasteiger partial charge on any atom is -0.383 e. The second-order valence-corrected chi connectivity index (χ2v) is 7.81. The van der Waals surface area contributed by atoms with Crippen molar-refractivity contribution >= 4 is 11.3 Å². The molecule has 2 unspecified atom stereocenters. The normalized spacial score (nSPS) is 15.4. The number of nitrogens with zero attached hydrogens (tertiary/aromatic N) is 1. The summed E-state index contributed by atoms with van der Waals surface area (Å²) in [4.78, 5) is 5.28. The molecule has 0 amide bonds. The monoisotopic (exact) mass is 312 g/mol. The van der Waals surface area contributed by atoms with Crippen LogP contribution in [-0.4, -0.2) is 37.7 Å². The Morgan fingerprint density at radius 2 is 2.00 bits per heavy atom. The third-order valence-corrected chi connectivity index (χ3v) is 5.64. The van der Waals surface area contributed by atoms with Gasteiger partial charge in [-0.25, -0.2) is 0 Å². The lowest BCUT2D eigenvalue weighted by Crippen LogP contribution is -2.41. The number of ether oxygens (including phenoxy) is 1. The van der Waals surface area contributed by atoms with Gasteiger partial charge in [0.1, 0.15) is 0 Å². The van der Waals surface area contributed by atoms with Crippen LogP contribution in [0.15, 0.2) is 12.1 Å². The molecule has 4 heteroatoms. The standard InChI is InChI=1S/C17H32N2OS/c1-7-13(2)19(10-11-20-6)14(12-18)15-8-9-16(21-15)17(3,4)5/h8-9,13-14H,7,10-12,18H2,1-6H3. The van der Waals surface area contributed by atoms with Crippen molar-refractivity contribution < 1.29 is 4.74 Å². The van der Waals surface area contributed by atoms with Crippen molar-refractivity contribution in [1.29, 1.82) is 0 Å². The lowest BCUT2D eigenvalue weighted by atomic mass is 9.95. The maximum atomic E-state index is 6.11. The largest absolute Gasteiger partial charge is 0.383 e. The Kier molecular flexibility index (Phi) is 7.34. The predicted molar refractivity (Wildman–Crippen MR) is 93.1 cm³/mol. The van der Waals surface area contributed by atoms with E-state index in [1.165, 1.54) is 9.75 Å². The number of nitrogens with two attached hydrogens (primary N) is 1. The highest BCUT2D eigenvalue weighted by Gasteiger charge is 2.26. The maximum absolute atomic E-state index is 6.11. The van der Waals surface area contributed by atoms with E-state index in [0.717, 1.165) is 19.6 Å². The first-order valence-corrected chi connectivity index (χ1v) is 8.71. The SMILES string of the molecule is CCC(C)N(CCOC)C(CN)c1ccc(C(C)(C)C)s1. The zero-order valence-electron chi connectivity index (χ0n) is 14.5. The molecule has 0 fully saturated rings. The molecular weight excluding hydrogens is 280 g/mol. The van der Waals surface area contributed by atoms with Crippen LogP contribution in [0.5, 0.6) is 0 Å². The molecule has 0 aromatic carbocycles. The summed E-state index contributed by atoms with van der Waals surface area (Å²) in [5.41, 5.74) is 6.32. The molecule has 0 saturated carbocycles. The highest BCUT2D eigenvalue weighted by molar-refractivity contribution is 7.12. The average molecular weight is 313 g/mol. The van der Waals surface area contributed by atoms with Crippen LogP contribution in [0.3, 0.4) is 0 Å². The molecule has 0 aliphatic heterocycles. The van der Waals surface area contributed by atoms with E-state index < -0.39 is 0 Å². The molecular formula is C17H32N2OS. The minimum atomic E-state index is 0.204. The van der Waals surface area contributed by atoms with Crippen LogP contribution in [0.25, 0.3) is 0 Å². The lowest BCUT2D eigenvalue weighted by Gasteiger charge is -2.35. The van der Waals surface area contributed by atoms with E-state index >= 15 is 0 Å². The Bertz CT molecular complexity index is 411. The first-order chi connectivity index (χ1) is 9.85. The van der Waals surface area contributed by atoms with Gasteiger partial charge in [0.15, 0.2) is 0 Å². The van der Waals surface area contributed by atoms with Crippen molar-refractivity contribution in [2.75, 3.05) is 26.8 Å². The Labute approximate surface area is 134 Å². The quantitative estimate of drug-likeness (QED) is 0.793. The van der Waals surface area contributed by atoms with Gasteiger partial charge in [0.25, 0.3) is 0 Å². The zero-order valence-corrected chi connectivity index (χ0v) is 15.3. The maximum Gasteiger partial charge on any atom is 0.0590 e. The fourth-order valence-corrected chi connectivity index (χ4v) is 3.66. The van der Waals surface area contributed by atoms with Crippen molar-refractivity contribution in [1.82, 2.24) is 4.90 Å². The molecule has 3 nitrogen and oxygen atoms in total. The summed E-state index contributed by atoms with van der Waals surface area (Å²) < 4.78 is 5.28. The molecule has 0 radical (unpaired) electrons. The van der Waals surface area contributed by atoms with Crippen LogP contribution >= 0.6 is 11.3 Å². The van der Waals surface area contributed by atoms with Gasteiger partial charge in [-0.3, -0.25) is 4.90 Å². The van der Waals surface area contributed by atoms with E-state index in [1.54, 1.807) is 7.11 Å². The Balaban J connectivity index is 2.99. The van der Waals surface area contributed by atoms with Gasteiger partial charge in [-0.1, -0.05) is 27.7 Å². The van der Waals surface area contributed by atoms with Gasteiger partial charge in [-0.15, -0.1) is 11.3 Å². The third-order valence-electron chi connectivity index (χ3n) is 4.03. The number of hydrogen-bond donors (Lipinski definition) is 1. The van der Waals surface area contributed by atoms with Crippen molar-refractivity contribution in [3.05, 3.63) is 21.9 Å². The van der Waals surface area contributed by atoms with E-state index in [9.17, 15) is 0 Å². The molecule has 1 heterocycles. The molecule has 122 valence electrons. The van der Waals surface area contributed by atoms with Gasteiger partial charge in [0.05, 0.1) is 12.6 Å². The molecule has 1 aromatic rings. The first-order valence-electron chi connectivity index (χ1n) is 7.90. The molecule has 2 atom stereocenters. The number of methoxy groups -OCH3 is 1. The molecule has 0 aliphatic rings. The molecule has 0 bridgehead atoms. The Hall–Kier alpha value is -0.420. The van der Waals surface area contributed by atoms with E-state index in [-0.39, 0.29) is 11.5 Å². The van der Waals surface area contributed by atoms with E-state index in [4.69, 9.17) is 10.5 Å². The zero-order chi connectivity index (χ0) is 16.0. The summed E-state index contributed by atoms with van der Waals surface area (Å²) in [6, 6.07) is 5.31. The van der Waals surface area contributed by atoms with E-state index in [2.05, 4.69) is 51.7 Å². The number of hydrogen-bond acceptors (Lipinski definition) is 4. The van der Waals surface area contributed by atoms with Crippen molar-refractivity contribution in [3.8, 4) is 0 Å². The minimum absolute atomic E-state index is 0.204. The van der Waals surface area contributed by atoms with Crippen LogP contribution in [0.4, 0.5) is 0 Å². The molecule has 0 aliphatic carbocycles. The molecule has 1 rings (SSSR count). The second kappa shape index (κ2) is 8.28. The van der Waals surface area contributed by atoms with Crippen molar-refractivity contribution in [2.45, 2.75) is 58.5 Å². The van der Waals surface area contributed by atoms with Crippen LogP contribution in [0, 0.1) is 0 Å². The number of thiophene rings is 1. The molecule has 0 saturated heterocycles. The van der Waals surface area contributed by atoms with E-state index in [1.807, 2.05) is 11.3 Å². The van der Waals surface area contributed by atoms with Gasteiger partial charge in [-0.2, -0.15) is 0 Å². The molecule has 1 aromatic heterocycles. The Morgan fingerprint density at radius 1 is 1.33 bits per heavy atom. The topological polar surface area (TPSA) is 38.5 Å². The molecule has 2 N–H and O–H groups in total. The first kappa shape index (κ1) is 18.6. The summed E-state index contributed by atoms with van der Waals surface area (Å²) >= 11 is 1.90. The van der Waals surface area contributed by atoms with Crippen LogP contribution in [0.2, 0.25) is 0 Å².